The van der Waals surface area contributed by atoms with Gasteiger partial charge in [-0.1, -0.05) is 42.4 Å². The Bertz CT molecular complexity index is 856. The summed E-state index contributed by atoms with van der Waals surface area (Å²) in [6.45, 7) is 5.55. The van der Waals surface area contributed by atoms with Gasteiger partial charge in [0.15, 0.2) is 18.2 Å². The van der Waals surface area contributed by atoms with Crippen molar-refractivity contribution in [3.8, 4) is 0 Å². The van der Waals surface area contributed by atoms with Gasteiger partial charge >= 0.3 is 5.97 Å². The first-order valence-electron chi connectivity index (χ1n) is 9.75. The van der Waals surface area contributed by atoms with Gasteiger partial charge in [-0.3, -0.25) is 14.4 Å². The normalized spacial score (nSPS) is 36.7. The minimum Gasteiger partial charge on any atom is -0.457 e. The zero-order valence-corrected chi connectivity index (χ0v) is 16.2. The van der Waals surface area contributed by atoms with E-state index in [4.69, 9.17) is 4.74 Å². The van der Waals surface area contributed by atoms with E-state index in [2.05, 4.69) is 38.2 Å². The molecule has 0 fully saturated rings. The molecule has 0 spiro atoms. The molecular formula is C23H26O4. The smallest absolute Gasteiger partial charge is 0.303 e. The number of esters is 1. The summed E-state index contributed by atoms with van der Waals surface area (Å²) in [7, 11) is 0. The van der Waals surface area contributed by atoms with Crippen LogP contribution in [0.5, 0.6) is 0 Å². The summed E-state index contributed by atoms with van der Waals surface area (Å²) in [5, 5.41) is 0. The second kappa shape index (κ2) is 6.15. The third kappa shape index (κ3) is 2.69. The second-order valence-electron chi connectivity index (χ2n) is 8.69. The molecule has 4 aliphatic rings. The summed E-state index contributed by atoms with van der Waals surface area (Å²) in [4.78, 5) is 35.6. The van der Waals surface area contributed by atoms with Crippen LogP contribution in [0.2, 0.25) is 0 Å². The molecule has 0 aliphatic heterocycles. The van der Waals surface area contributed by atoms with E-state index in [0.717, 1.165) is 24.8 Å². The minimum atomic E-state index is -0.425. The summed E-state index contributed by atoms with van der Waals surface area (Å²) in [6.07, 6.45) is 13.6. The number of hydrogen-bond donors (Lipinski definition) is 0. The maximum Gasteiger partial charge on any atom is 0.303 e. The lowest BCUT2D eigenvalue weighted by atomic mass is 9.53. The number of ketones is 2. The lowest BCUT2D eigenvalue weighted by molar-refractivity contribution is -0.145. The van der Waals surface area contributed by atoms with E-state index in [-0.39, 0.29) is 29.0 Å². The lowest BCUT2D eigenvalue weighted by Gasteiger charge is -2.51. The van der Waals surface area contributed by atoms with Crippen molar-refractivity contribution in [1.29, 1.82) is 0 Å². The monoisotopic (exact) mass is 366 g/mol. The first kappa shape index (κ1) is 18.1. The molecule has 4 atom stereocenters. The topological polar surface area (TPSA) is 60.4 Å². The number of carbonyl (C=O) groups excluding carboxylic acids is 3. The van der Waals surface area contributed by atoms with Gasteiger partial charge in [-0.05, 0) is 44.1 Å². The van der Waals surface area contributed by atoms with Gasteiger partial charge in [-0.15, -0.1) is 0 Å². The molecule has 0 saturated carbocycles. The van der Waals surface area contributed by atoms with Crippen molar-refractivity contribution in [2.24, 2.45) is 22.7 Å². The number of carbonyl (C=O) groups is 3. The van der Waals surface area contributed by atoms with E-state index in [0.29, 0.717) is 18.3 Å². The van der Waals surface area contributed by atoms with Crippen molar-refractivity contribution in [3.05, 3.63) is 47.1 Å². The van der Waals surface area contributed by atoms with E-state index in [1.165, 1.54) is 18.1 Å². The van der Waals surface area contributed by atoms with Crippen molar-refractivity contribution in [3.63, 3.8) is 0 Å². The van der Waals surface area contributed by atoms with Gasteiger partial charge < -0.3 is 4.74 Å². The van der Waals surface area contributed by atoms with Crippen LogP contribution in [0.1, 0.15) is 46.5 Å². The summed E-state index contributed by atoms with van der Waals surface area (Å²) >= 11 is 0. The van der Waals surface area contributed by atoms with Gasteiger partial charge in [-0.2, -0.15) is 0 Å². The van der Waals surface area contributed by atoms with Gasteiger partial charge in [0, 0.05) is 29.7 Å². The molecule has 27 heavy (non-hydrogen) atoms. The molecule has 0 aromatic heterocycles. The van der Waals surface area contributed by atoms with E-state index < -0.39 is 5.97 Å². The van der Waals surface area contributed by atoms with Gasteiger partial charge in [0.25, 0.3) is 0 Å². The highest BCUT2D eigenvalue weighted by Crippen LogP contribution is 2.61. The molecule has 2 unspecified atom stereocenters. The van der Waals surface area contributed by atoms with Crippen LogP contribution >= 0.6 is 0 Å². The molecule has 0 heterocycles. The van der Waals surface area contributed by atoms with Crippen molar-refractivity contribution in [2.75, 3.05) is 6.61 Å². The predicted octanol–water partition coefficient (Wildman–Crippen LogP) is 3.88. The standard InChI is InChI=1S/C23H26O4/c1-14(24)27-13-21(26)20-7-6-18-17-5-4-15-12-16(25)8-10-22(15,2)19(17)9-11-23(18,20)3/h4,7-10,17-18H,5-6,11-13H2,1-3H3/t17?,18?,22-,23-/m0/s1. The van der Waals surface area contributed by atoms with Gasteiger partial charge in [-0.25, -0.2) is 0 Å². The van der Waals surface area contributed by atoms with Crippen LogP contribution in [0.15, 0.2) is 47.1 Å². The quantitative estimate of drug-likeness (QED) is 0.562. The molecule has 0 radical (unpaired) electrons. The van der Waals surface area contributed by atoms with Gasteiger partial charge in [0.2, 0.25) is 0 Å². The minimum absolute atomic E-state index is 0.0755. The van der Waals surface area contributed by atoms with E-state index in [1.54, 1.807) is 6.08 Å². The third-order valence-electron chi connectivity index (χ3n) is 7.20. The van der Waals surface area contributed by atoms with Crippen molar-refractivity contribution in [2.45, 2.75) is 46.5 Å². The summed E-state index contributed by atoms with van der Waals surface area (Å²) in [5.41, 5.74) is 3.08. The SMILES string of the molecule is CC(=O)OCC(=O)C1=CCC2C3CC=C4CC(=O)C=C[C@]4(C)C3=CC[C@]12C. The van der Waals surface area contributed by atoms with Crippen LogP contribution in [0, 0.1) is 22.7 Å². The first-order valence-corrected chi connectivity index (χ1v) is 9.75. The molecule has 0 aromatic carbocycles. The maximum absolute atomic E-state index is 12.7. The van der Waals surface area contributed by atoms with Crippen molar-refractivity contribution in [1.82, 2.24) is 0 Å². The molecule has 0 aromatic rings. The van der Waals surface area contributed by atoms with Crippen LogP contribution in [0.3, 0.4) is 0 Å². The summed E-state index contributed by atoms with van der Waals surface area (Å²) in [6, 6.07) is 0. The molecule has 0 N–H and O–H groups in total. The average molecular weight is 366 g/mol. The molecule has 0 amide bonds. The van der Waals surface area contributed by atoms with E-state index >= 15 is 0 Å². The fraction of sp³-hybridized carbons (Fsp3) is 0.522. The molecule has 4 aliphatic carbocycles. The Morgan fingerprint density at radius 1 is 1.19 bits per heavy atom. The van der Waals surface area contributed by atoms with Crippen LogP contribution in [-0.2, 0) is 19.1 Å². The largest absolute Gasteiger partial charge is 0.457 e. The van der Waals surface area contributed by atoms with E-state index in [1.807, 2.05) is 0 Å². The number of allylic oxidation sites excluding steroid dienone is 7. The molecular weight excluding hydrogens is 340 g/mol. The third-order valence-corrected chi connectivity index (χ3v) is 7.20. The summed E-state index contributed by atoms with van der Waals surface area (Å²) in [5.74, 6) is 0.429. The zero-order valence-electron chi connectivity index (χ0n) is 16.2. The van der Waals surface area contributed by atoms with Crippen molar-refractivity contribution < 1.29 is 19.1 Å². The maximum atomic E-state index is 12.7. The Morgan fingerprint density at radius 2 is 1.96 bits per heavy atom. The highest BCUT2D eigenvalue weighted by Gasteiger charge is 2.53. The molecule has 142 valence electrons. The van der Waals surface area contributed by atoms with Crippen LogP contribution in [0.4, 0.5) is 0 Å². The lowest BCUT2D eigenvalue weighted by Crippen LogP contribution is -2.43. The predicted molar refractivity (Wildman–Crippen MR) is 102 cm³/mol. The number of rotatable bonds is 3. The molecule has 4 heteroatoms. The van der Waals surface area contributed by atoms with Crippen LogP contribution < -0.4 is 0 Å². The molecule has 4 nitrogen and oxygen atoms in total. The Hall–Kier alpha value is -2.23. The molecule has 0 saturated heterocycles. The molecule has 4 rings (SSSR count). The molecule has 0 bridgehead atoms. The summed E-state index contributed by atoms with van der Waals surface area (Å²) < 4.78 is 4.95. The fourth-order valence-corrected chi connectivity index (χ4v) is 5.70. The number of Topliss-reactive ketones (excluding diaryl/α,β-unsaturated/α-hetero) is 1. The van der Waals surface area contributed by atoms with Crippen LogP contribution in [-0.4, -0.2) is 24.1 Å². The van der Waals surface area contributed by atoms with Gasteiger partial charge in [0.1, 0.15) is 0 Å². The average Bonchev–Trinajstić information content (AvgIpc) is 2.97. The second-order valence-corrected chi connectivity index (χ2v) is 8.69. The Balaban J connectivity index is 1.64. The zero-order chi connectivity index (χ0) is 19.4. The Labute approximate surface area is 160 Å². The van der Waals surface area contributed by atoms with Crippen molar-refractivity contribution >= 4 is 17.5 Å². The first-order chi connectivity index (χ1) is 12.8. The fourth-order valence-electron chi connectivity index (χ4n) is 5.70. The highest BCUT2D eigenvalue weighted by atomic mass is 16.5. The van der Waals surface area contributed by atoms with E-state index in [9.17, 15) is 14.4 Å². The van der Waals surface area contributed by atoms with Gasteiger partial charge in [0.05, 0.1) is 0 Å². The number of ether oxygens (including phenoxy) is 1. The Morgan fingerprint density at radius 3 is 2.70 bits per heavy atom. The highest BCUT2D eigenvalue weighted by molar-refractivity contribution is 5.99. The number of fused-ring (bicyclic) bond motifs is 5. The number of hydrogen-bond acceptors (Lipinski definition) is 4. The van der Waals surface area contributed by atoms with Crippen LogP contribution in [0.25, 0.3) is 0 Å². The Kier molecular flexibility index (Phi) is 4.13.